The number of thioether (sulfide) groups is 1. The first-order chi connectivity index (χ1) is 20.0. The molecule has 206 valence electrons. The van der Waals surface area contributed by atoms with Gasteiger partial charge < -0.3 is 9.73 Å². The molecule has 1 N–H and O–H groups in total. The highest BCUT2D eigenvalue weighted by Crippen LogP contribution is 2.49. The van der Waals surface area contributed by atoms with Crippen LogP contribution in [0.25, 0.3) is 16.9 Å². The highest BCUT2D eigenvalue weighted by atomic mass is 35.5. The van der Waals surface area contributed by atoms with Crippen molar-refractivity contribution in [1.29, 1.82) is 0 Å². The molecule has 2 aromatic heterocycles. The van der Waals surface area contributed by atoms with Crippen molar-refractivity contribution in [1.82, 2.24) is 15.1 Å². The van der Waals surface area contributed by atoms with E-state index in [-0.39, 0.29) is 35.9 Å². The number of anilines is 1. The Morgan fingerprint density at radius 3 is 2.56 bits per heavy atom. The number of nitrogens with one attached hydrogen (secondary N) is 1. The molecule has 0 bridgehead atoms. The number of nitrogens with zero attached hydrogens (tertiary/aromatic N) is 3. The fraction of sp³-hybridized carbons (Fsp3) is 0.129. The van der Waals surface area contributed by atoms with Crippen molar-refractivity contribution in [2.24, 2.45) is 0 Å². The molecular weight excluding hydrogens is 579 g/mol. The van der Waals surface area contributed by atoms with Crippen LogP contribution in [-0.4, -0.2) is 33.9 Å². The van der Waals surface area contributed by atoms with E-state index < -0.39 is 0 Å². The first-order valence-corrected chi connectivity index (χ1v) is 14.7. The molecule has 7 nitrogen and oxygen atoms in total. The summed E-state index contributed by atoms with van der Waals surface area (Å²) in [4.78, 5) is 28.6. The first kappa shape index (κ1) is 27.2. The predicted molar refractivity (Wildman–Crippen MR) is 163 cm³/mol. The van der Waals surface area contributed by atoms with Crippen molar-refractivity contribution < 1.29 is 14.0 Å². The van der Waals surface area contributed by atoms with Gasteiger partial charge in [0.1, 0.15) is 18.1 Å². The highest BCUT2D eigenvalue weighted by Gasteiger charge is 2.38. The van der Waals surface area contributed by atoms with Gasteiger partial charge in [0.05, 0.1) is 40.2 Å². The number of carbonyl (C=O) groups excluding carboxylic acids is 2. The van der Waals surface area contributed by atoms with Gasteiger partial charge in [0.15, 0.2) is 0 Å². The number of hydrogen-bond donors (Lipinski definition) is 1. The van der Waals surface area contributed by atoms with E-state index in [9.17, 15) is 9.59 Å². The number of hydrogen-bond acceptors (Lipinski definition) is 5. The maximum absolute atomic E-state index is 13.8. The fourth-order valence-corrected chi connectivity index (χ4v) is 6.45. The molecule has 2 amide bonds. The molecule has 10 heteroatoms. The van der Waals surface area contributed by atoms with Crippen LogP contribution in [-0.2, 0) is 16.1 Å². The zero-order valence-electron chi connectivity index (χ0n) is 21.7. The molecule has 0 aliphatic carbocycles. The summed E-state index contributed by atoms with van der Waals surface area (Å²) in [5.74, 6) is 0.700. The van der Waals surface area contributed by atoms with Gasteiger partial charge in [0, 0.05) is 16.1 Å². The van der Waals surface area contributed by atoms with Crippen molar-refractivity contribution >= 4 is 52.6 Å². The number of amides is 2. The number of furan rings is 1. The van der Waals surface area contributed by atoms with Crippen molar-refractivity contribution in [3.63, 3.8) is 0 Å². The van der Waals surface area contributed by atoms with Gasteiger partial charge in [-0.2, -0.15) is 5.10 Å². The van der Waals surface area contributed by atoms with Crippen molar-refractivity contribution in [3.05, 3.63) is 124 Å². The second kappa shape index (κ2) is 11.9. The maximum atomic E-state index is 13.8. The zero-order valence-corrected chi connectivity index (χ0v) is 24.0. The van der Waals surface area contributed by atoms with E-state index in [1.165, 1.54) is 16.7 Å². The van der Waals surface area contributed by atoms with Crippen molar-refractivity contribution in [2.45, 2.75) is 11.8 Å². The molecule has 0 saturated carbocycles. The summed E-state index contributed by atoms with van der Waals surface area (Å²) in [7, 11) is 0. The van der Waals surface area contributed by atoms with Crippen LogP contribution in [0.2, 0.25) is 10.0 Å². The quantitative estimate of drug-likeness (QED) is 0.218. The summed E-state index contributed by atoms with van der Waals surface area (Å²) in [6.07, 6.45) is 1.55. The largest absolute Gasteiger partial charge is 0.467 e. The summed E-state index contributed by atoms with van der Waals surface area (Å²) in [5.41, 5.74) is 3.88. The Labute approximate surface area is 251 Å². The van der Waals surface area contributed by atoms with E-state index in [0.29, 0.717) is 33.0 Å². The number of rotatable bonds is 7. The molecule has 0 radical (unpaired) electrons. The average Bonchev–Trinajstić information content (AvgIpc) is 3.61. The van der Waals surface area contributed by atoms with Crippen molar-refractivity contribution in [3.8, 4) is 16.9 Å². The highest BCUT2D eigenvalue weighted by molar-refractivity contribution is 8.00. The number of fused-ring (bicyclic) bond motifs is 1. The lowest BCUT2D eigenvalue weighted by Crippen LogP contribution is -2.42. The van der Waals surface area contributed by atoms with Gasteiger partial charge in [-0.05, 0) is 42.0 Å². The Bertz CT molecular complexity index is 1710. The maximum Gasteiger partial charge on any atom is 0.240 e. The second-order valence-electron chi connectivity index (χ2n) is 9.40. The van der Waals surface area contributed by atoms with Gasteiger partial charge in [-0.15, -0.1) is 11.8 Å². The first-order valence-electron chi connectivity index (χ1n) is 12.9. The third kappa shape index (κ3) is 5.63. The Hall–Kier alpha value is -3.98. The van der Waals surface area contributed by atoms with Gasteiger partial charge in [-0.3, -0.25) is 14.5 Å². The van der Waals surface area contributed by atoms with Gasteiger partial charge in [0.25, 0.3) is 0 Å². The molecule has 5 aromatic rings. The molecule has 0 unspecified atom stereocenters. The van der Waals surface area contributed by atoms with Gasteiger partial charge in [-0.1, -0.05) is 77.8 Å². The van der Waals surface area contributed by atoms with Gasteiger partial charge >= 0.3 is 0 Å². The van der Waals surface area contributed by atoms with Crippen LogP contribution in [0.15, 0.2) is 102 Å². The van der Waals surface area contributed by atoms with E-state index in [0.717, 1.165) is 16.7 Å². The smallest absolute Gasteiger partial charge is 0.240 e. The van der Waals surface area contributed by atoms with Crippen LogP contribution in [0.3, 0.4) is 0 Å². The van der Waals surface area contributed by atoms with Crippen LogP contribution < -0.4 is 10.2 Å². The summed E-state index contributed by atoms with van der Waals surface area (Å²) < 4.78 is 7.03. The molecule has 1 aliphatic heterocycles. The Kier molecular flexibility index (Phi) is 7.87. The third-order valence-corrected chi connectivity index (χ3v) is 8.52. The standard InChI is InChI=1S/C31H24Cl2N4O3S/c32-22-11-6-10-21(16-22)30-28-29(20-8-2-1-3-9-20)35-37(25-14-5-4-13-24(25)33)31(28)36(27(39)19-41-30)18-26(38)34-17-23-12-7-15-40-23/h1-16,30H,17-19H2,(H,34,38)/t30-/m0/s1. The van der Waals surface area contributed by atoms with Crippen LogP contribution in [0.1, 0.15) is 22.1 Å². The Morgan fingerprint density at radius 2 is 1.80 bits per heavy atom. The Morgan fingerprint density at radius 1 is 1.00 bits per heavy atom. The van der Waals surface area contributed by atoms with Crippen LogP contribution in [0.4, 0.5) is 5.82 Å². The molecule has 0 fully saturated rings. The van der Waals surface area contributed by atoms with E-state index in [4.69, 9.17) is 32.7 Å². The number of halogens is 2. The van der Waals surface area contributed by atoms with Crippen LogP contribution >= 0.6 is 35.0 Å². The lowest BCUT2D eigenvalue weighted by molar-refractivity contribution is -0.123. The molecule has 0 saturated heterocycles. The summed E-state index contributed by atoms with van der Waals surface area (Å²) in [6.45, 7) is -0.000601. The lowest BCUT2D eigenvalue weighted by Gasteiger charge is -2.23. The molecule has 0 spiro atoms. The summed E-state index contributed by atoms with van der Waals surface area (Å²) in [6, 6.07) is 28.2. The third-order valence-electron chi connectivity index (χ3n) is 6.71. The van der Waals surface area contributed by atoms with Crippen molar-refractivity contribution in [2.75, 3.05) is 17.2 Å². The fourth-order valence-electron chi connectivity index (χ4n) is 4.85. The summed E-state index contributed by atoms with van der Waals surface area (Å²) in [5, 5.41) is 8.67. The van der Waals surface area contributed by atoms with E-state index >= 15 is 0 Å². The Balaban J connectivity index is 1.55. The average molecular weight is 604 g/mol. The number of benzene rings is 3. The second-order valence-corrected chi connectivity index (χ2v) is 11.3. The molecule has 1 aliphatic rings. The topological polar surface area (TPSA) is 80.4 Å². The molecule has 3 aromatic carbocycles. The minimum atomic E-state index is -0.333. The summed E-state index contributed by atoms with van der Waals surface area (Å²) >= 11 is 14.6. The molecule has 3 heterocycles. The van der Waals surface area contributed by atoms with E-state index in [1.807, 2.05) is 72.8 Å². The minimum absolute atomic E-state index is 0.147. The lowest BCUT2D eigenvalue weighted by atomic mass is 9.99. The van der Waals surface area contributed by atoms with Gasteiger partial charge in [-0.25, -0.2) is 4.68 Å². The molecule has 41 heavy (non-hydrogen) atoms. The predicted octanol–water partition coefficient (Wildman–Crippen LogP) is 6.92. The molecule has 6 rings (SSSR count). The molecule has 1 atom stereocenters. The van der Waals surface area contributed by atoms with E-state index in [1.54, 1.807) is 29.1 Å². The zero-order chi connectivity index (χ0) is 28.3. The normalized spacial score (nSPS) is 14.9. The van der Waals surface area contributed by atoms with E-state index in [2.05, 4.69) is 5.32 Å². The van der Waals surface area contributed by atoms with Crippen LogP contribution in [0.5, 0.6) is 0 Å². The number of carbonyl (C=O) groups is 2. The SMILES string of the molecule is O=C(CN1C(=O)CS[C@@H](c2cccc(Cl)c2)c2c(-c3ccccc3)nn(-c3ccccc3Cl)c21)NCc1ccco1. The monoisotopic (exact) mass is 602 g/mol. The molecular formula is C31H24Cl2N4O3S. The number of aromatic nitrogens is 2. The van der Waals surface area contributed by atoms with Gasteiger partial charge in [0.2, 0.25) is 11.8 Å². The number of para-hydroxylation sites is 1. The van der Waals surface area contributed by atoms with Crippen LogP contribution in [0, 0.1) is 0 Å². The minimum Gasteiger partial charge on any atom is -0.467 e.